The fourth-order valence-electron chi connectivity index (χ4n) is 2.77. The zero-order chi connectivity index (χ0) is 15.4. The van der Waals surface area contributed by atoms with Crippen molar-refractivity contribution in [2.24, 2.45) is 5.92 Å². The van der Waals surface area contributed by atoms with Gasteiger partial charge in [-0.15, -0.1) is 0 Å². The van der Waals surface area contributed by atoms with Crippen molar-refractivity contribution in [2.75, 3.05) is 19.6 Å². The molecule has 1 fully saturated rings. The number of rotatable bonds is 4. The molecule has 1 aromatic carbocycles. The summed E-state index contributed by atoms with van der Waals surface area (Å²) in [4.78, 5) is 14.5. The van der Waals surface area contributed by atoms with Crippen molar-refractivity contribution in [3.8, 4) is 11.5 Å². The van der Waals surface area contributed by atoms with Crippen LogP contribution in [0.2, 0.25) is 0 Å². The quantitative estimate of drug-likeness (QED) is 0.793. The van der Waals surface area contributed by atoms with Crippen LogP contribution in [0.1, 0.15) is 37.0 Å². The zero-order valence-electron chi connectivity index (χ0n) is 12.7. The highest BCUT2D eigenvalue weighted by molar-refractivity contribution is 5.95. The molecule has 1 atom stereocenters. The molecule has 0 saturated carbocycles. The van der Waals surface area contributed by atoms with Crippen LogP contribution in [0, 0.1) is 5.92 Å². The van der Waals surface area contributed by atoms with Crippen LogP contribution in [0.25, 0.3) is 0 Å². The normalized spacial score (nSPS) is 18.7. The maximum Gasteiger partial charge on any atom is 0.254 e. The van der Waals surface area contributed by atoms with Gasteiger partial charge in [-0.25, -0.2) is 0 Å². The van der Waals surface area contributed by atoms with E-state index < -0.39 is 0 Å². The van der Waals surface area contributed by atoms with Gasteiger partial charge in [-0.2, -0.15) is 0 Å². The number of phenolic OH excluding ortho intramolecular Hbond substituents is 2. The van der Waals surface area contributed by atoms with E-state index in [4.69, 9.17) is 0 Å². The van der Waals surface area contributed by atoms with Crippen molar-refractivity contribution in [1.29, 1.82) is 0 Å². The second-order valence-corrected chi connectivity index (χ2v) is 6.00. The number of nitrogens with zero attached hydrogens (tertiary/aromatic N) is 1. The smallest absolute Gasteiger partial charge is 0.254 e. The van der Waals surface area contributed by atoms with E-state index in [1.807, 2.05) is 18.7 Å². The number of nitrogens with one attached hydrogen (secondary N) is 1. The largest absolute Gasteiger partial charge is 0.508 e. The van der Waals surface area contributed by atoms with Crippen LogP contribution in [0.4, 0.5) is 0 Å². The molecule has 5 nitrogen and oxygen atoms in total. The van der Waals surface area contributed by atoms with Gasteiger partial charge in [0.25, 0.3) is 5.91 Å². The van der Waals surface area contributed by atoms with Gasteiger partial charge in [0.2, 0.25) is 0 Å². The van der Waals surface area contributed by atoms with Crippen molar-refractivity contribution in [1.82, 2.24) is 10.2 Å². The molecule has 0 spiro atoms. The molecule has 0 bridgehead atoms. The number of hydrogen-bond acceptors (Lipinski definition) is 4. The molecule has 116 valence electrons. The van der Waals surface area contributed by atoms with Gasteiger partial charge in [-0.3, -0.25) is 4.79 Å². The average Bonchev–Trinajstić information content (AvgIpc) is 2.44. The third kappa shape index (κ3) is 4.11. The summed E-state index contributed by atoms with van der Waals surface area (Å²) in [7, 11) is 0. The molecule has 1 unspecified atom stereocenters. The van der Waals surface area contributed by atoms with Crippen LogP contribution >= 0.6 is 0 Å². The SMILES string of the molecule is CC(C)N(CC1CCCNC1)C(=O)c1cc(O)cc(O)c1. The Balaban J connectivity index is 2.14. The van der Waals surface area contributed by atoms with Gasteiger partial charge < -0.3 is 20.4 Å². The Hall–Kier alpha value is -1.75. The zero-order valence-corrected chi connectivity index (χ0v) is 12.7. The molecule has 1 aromatic rings. The summed E-state index contributed by atoms with van der Waals surface area (Å²) < 4.78 is 0. The highest BCUT2D eigenvalue weighted by Crippen LogP contribution is 2.23. The molecular weight excluding hydrogens is 268 g/mol. The maximum absolute atomic E-state index is 12.6. The number of piperidine rings is 1. The van der Waals surface area contributed by atoms with Crippen LogP contribution in [0.3, 0.4) is 0 Å². The summed E-state index contributed by atoms with van der Waals surface area (Å²) in [6.45, 7) is 6.64. The van der Waals surface area contributed by atoms with Crippen LogP contribution in [0.5, 0.6) is 11.5 Å². The number of carbonyl (C=O) groups is 1. The summed E-state index contributed by atoms with van der Waals surface area (Å²) in [5.41, 5.74) is 0.324. The van der Waals surface area contributed by atoms with Crippen molar-refractivity contribution < 1.29 is 15.0 Å². The molecule has 3 N–H and O–H groups in total. The number of carbonyl (C=O) groups excluding carboxylic acids is 1. The Labute approximate surface area is 125 Å². The van der Waals surface area contributed by atoms with Gasteiger partial charge in [0.1, 0.15) is 11.5 Å². The Morgan fingerprint density at radius 3 is 2.52 bits per heavy atom. The third-order valence-corrected chi connectivity index (χ3v) is 3.89. The van der Waals surface area contributed by atoms with Crippen molar-refractivity contribution in [2.45, 2.75) is 32.7 Å². The van der Waals surface area contributed by atoms with E-state index in [1.165, 1.54) is 18.2 Å². The second-order valence-electron chi connectivity index (χ2n) is 6.00. The summed E-state index contributed by atoms with van der Waals surface area (Å²) in [5, 5.41) is 22.4. The average molecular weight is 292 g/mol. The van der Waals surface area contributed by atoms with Gasteiger partial charge in [-0.05, 0) is 57.8 Å². The highest BCUT2D eigenvalue weighted by Gasteiger charge is 2.24. The fourth-order valence-corrected chi connectivity index (χ4v) is 2.77. The topological polar surface area (TPSA) is 72.8 Å². The van der Waals surface area contributed by atoms with Gasteiger partial charge in [0.15, 0.2) is 0 Å². The first-order valence-corrected chi connectivity index (χ1v) is 7.52. The number of hydrogen-bond donors (Lipinski definition) is 3. The molecule has 1 heterocycles. The molecule has 21 heavy (non-hydrogen) atoms. The molecule has 1 amide bonds. The Morgan fingerprint density at radius 2 is 2.00 bits per heavy atom. The van der Waals surface area contributed by atoms with E-state index in [0.717, 1.165) is 25.9 Å². The molecule has 1 saturated heterocycles. The van der Waals surface area contributed by atoms with E-state index in [1.54, 1.807) is 0 Å². The molecule has 1 aliphatic rings. The monoisotopic (exact) mass is 292 g/mol. The fraction of sp³-hybridized carbons (Fsp3) is 0.562. The minimum atomic E-state index is -0.151. The summed E-state index contributed by atoms with van der Waals surface area (Å²) in [6.07, 6.45) is 2.26. The predicted molar refractivity (Wildman–Crippen MR) is 81.5 cm³/mol. The van der Waals surface area contributed by atoms with E-state index >= 15 is 0 Å². The highest BCUT2D eigenvalue weighted by atomic mass is 16.3. The standard InChI is InChI=1S/C16H24N2O3/c1-11(2)18(10-12-4-3-5-17-9-12)16(21)13-6-14(19)8-15(20)7-13/h6-8,11-12,17,19-20H,3-5,9-10H2,1-2H3. The first-order valence-electron chi connectivity index (χ1n) is 7.52. The molecule has 0 aliphatic carbocycles. The van der Waals surface area contributed by atoms with Crippen molar-refractivity contribution in [3.63, 3.8) is 0 Å². The third-order valence-electron chi connectivity index (χ3n) is 3.89. The number of amides is 1. The second kappa shape index (κ2) is 6.80. The molecule has 0 radical (unpaired) electrons. The number of phenols is 2. The van der Waals surface area contributed by atoms with Gasteiger partial charge in [0, 0.05) is 24.2 Å². The van der Waals surface area contributed by atoms with E-state index in [0.29, 0.717) is 18.0 Å². The van der Waals surface area contributed by atoms with E-state index in [9.17, 15) is 15.0 Å². The molecule has 5 heteroatoms. The summed E-state index contributed by atoms with van der Waals surface area (Å²) in [6, 6.07) is 4.10. The maximum atomic E-state index is 12.6. The van der Waals surface area contributed by atoms with Gasteiger partial charge in [-0.1, -0.05) is 0 Å². The van der Waals surface area contributed by atoms with E-state index in [2.05, 4.69) is 5.32 Å². The minimum Gasteiger partial charge on any atom is -0.508 e. The summed E-state index contributed by atoms with van der Waals surface area (Å²) >= 11 is 0. The van der Waals surface area contributed by atoms with Crippen LogP contribution in [-0.2, 0) is 0 Å². The van der Waals surface area contributed by atoms with Crippen LogP contribution < -0.4 is 5.32 Å². The Bertz CT molecular complexity index is 476. The van der Waals surface area contributed by atoms with Gasteiger partial charge >= 0.3 is 0 Å². The van der Waals surface area contributed by atoms with Crippen molar-refractivity contribution >= 4 is 5.91 Å². The lowest BCUT2D eigenvalue weighted by atomic mass is 9.98. The number of aromatic hydroxyl groups is 2. The first kappa shape index (κ1) is 15.6. The number of benzene rings is 1. The predicted octanol–water partition coefficient (Wildman–Crippen LogP) is 1.95. The lowest BCUT2D eigenvalue weighted by Crippen LogP contribution is -2.44. The molecule has 1 aliphatic heterocycles. The van der Waals surface area contributed by atoms with Crippen LogP contribution in [0.15, 0.2) is 18.2 Å². The van der Waals surface area contributed by atoms with Gasteiger partial charge in [0.05, 0.1) is 0 Å². The lowest BCUT2D eigenvalue weighted by Gasteiger charge is -2.33. The summed E-state index contributed by atoms with van der Waals surface area (Å²) in [5.74, 6) is 0.112. The Morgan fingerprint density at radius 1 is 1.33 bits per heavy atom. The molecule has 0 aromatic heterocycles. The Kier molecular flexibility index (Phi) is 5.07. The van der Waals surface area contributed by atoms with Crippen LogP contribution in [-0.4, -0.2) is 46.7 Å². The minimum absolute atomic E-state index is 0.0731. The van der Waals surface area contributed by atoms with Crippen molar-refractivity contribution in [3.05, 3.63) is 23.8 Å². The lowest BCUT2D eigenvalue weighted by molar-refractivity contribution is 0.0660. The first-order chi connectivity index (χ1) is 9.97. The molecule has 2 rings (SSSR count). The molecular formula is C16H24N2O3. The van der Waals surface area contributed by atoms with E-state index in [-0.39, 0.29) is 23.4 Å².